The van der Waals surface area contributed by atoms with Crippen molar-refractivity contribution in [2.75, 3.05) is 30.1 Å². The number of thioether (sulfide) groups is 1. The summed E-state index contributed by atoms with van der Waals surface area (Å²) in [5, 5.41) is 21.7. The Hall–Kier alpha value is -3.66. The Morgan fingerprint density at radius 1 is 1.24 bits per heavy atom. The van der Waals surface area contributed by atoms with Crippen molar-refractivity contribution in [1.82, 2.24) is 14.8 Å². The van der Waals surface area contributed by atoms with Crippen molar-refractivity contribution in [2.24, 2.45) is 0 Å². The van der Waals surface area contributed by atoms with Gasteiger partial charge in [0.1, 0.15) is 11.8 Å². The van der Waals surface area contributed by atoms with Gasteiger partial charge in [-0.15, -0.1) is 5.10 Å². The number of hydrogen-bond acceptors (Lipinski definition) is 8. The Labute approximate surface area is 202 Å². The molecule has 4 rings (SSSR count). The average molecular weight is 482 g/mol. The molecule has 1 aromatic heterocycles. The first kappa shape index (κ1) is 23.5. The number of benzene rings is 2. The van der Waals surface area contributed by atoms with Crippen LogP contribution in [0.1, 0.15) is 32.4 Å². The van der Waals surface area contributed by atoms with Gasteiger partial charge in [0.2, 0.25) is 11.1 Å². The molecule has 9 nitrogen and oxygen atoms in total. The van der Waals surface area contributed by atoms with Crippen molar-refractivity contribution in [2.45, 2.75) is 32.0 Å². The van der Waals surface area contributed by atoms with Crippen LogP contribution in [0.4, 0.5) is 11.6 Å². The fourth-order valence-corrected chi connectivity index (χ4v) is 4.39. The average Bonchev–Trinajstić information content (AvgIpc) is 3.22. The van der Waals surface area contributed by atoms with Crippen molar-refractivity contribution < 1.29 is 19.4 Å². The van der Waals surface area contributed by atoms with Gasteiger partial charge in [0.15, 0.2) is 11.5 Å². The molecule has 2 aromatic carbocycles. The number of fused-ring (bicyclic) bond motifs is 1. The van der Waals surface area contributed by atoms with E-state index in [9.17, 15) is 9.90 Å². The summed E-state index contributed by atoms with van der Waals surface area (Å²) >= 11 is 1.51. The van der Waals surface area contributed by atoms with Crippen LogP contribution in [-0.2, 0) is 4.79 Å². The third-order valence-electron chi connectivity index (χ3n) is 5.31. The number of rotatable bonds is 8. The number of carbonyl (C=O) groups is 1. The molecule has 10 heteroatoms. The van der Waals surface area contributed by atoms with E-state index in [2.05, 4.69) is 20.7 Å². The molecule has 34 heavy (non-hydrogen) atoms. The van der Waals surface area contributed by atoms with E-state index >= 15 is 0 Å². The van der Waals surface area contributed by atoms with Crippen molar-refractivity contribution in [3.05, 3.63) is 59.3 Å². The Morgan fingerprint density at radius 3 is 2.76 bits per heavy atom. The van der Waals surface area contributed by atoms with Crippen molar-refractivity contribution in [3.8, 4) is 17.2 Å². The predicted octanol–water partition coefficient (Wildman–Crippen LogP) is 4.43. The largest absolute Gasteiger partial charge is 0.504 e. The van der Waals surface area contributed by atoms with Gasteiger partial charge in [-0.25, -0.2) is 4.68 Å². The summed E-state index contributed by atoms with van der Waals surface area (Å²) in [6, 6.07) is 11.7. The number of aromatic nitrogens is 3. The zero-order valence-electron chi connectivity index (χ0n) is 19.5. The lowest BCUT2D eigenvalue weighted by Gasteiger charge is -2.29. The minimum absolute atomic E-state index is 0.0290. The SMILES string of the molecule is CCOc1cc(C2C(C(=O)Nc3ccccc3OC)=C(C)Nc3nc(SCC)nn32)ccc1O. The lowest BCUT2D eigenvalue weighted by molar-refractivity contribution is -0.113. The number of aromatic hydroxyl groups is 1. The van der Waals surface area contributed by atoms with Crippen molar-refractivity contribution in [3.63, 3.8) is 0 Å². The minimum atomic E-state index is -0.593. The molecule has 3 aromatic rings. The predicted molar refractivity (Wildman–Crippen MR) is 132 cm³/mol. The van der Waals surface area contributed by atoms with Crippen LogP contribution in [0.25, 0.3) is 0 Å². The molecule has 0 saturated heterocycles. The maximum absolute atomic E-state index is 13.6. The lowest BCUT2D eigenvalue weighted by atomic mass is 9.94. The molecule has 1 atom stereocenters. The number of anilines is 2. The van der Waals surface area contributed by atoms with E-state index in [4.69, 9.17) is 9.47 Å². The summed E-state index contributed by atoms with van der Waals surface area (Å²) in [5.41, 5.74) is 2.40. The molecule has 1 aliphatic heterocycles. The number of allylic oxidation sites excluding steroid dienone is 1. The third-order valence-corrected chi connectivity index (χ3v) is 6.03. The van der Waals surface area contributed by atoms with Crippen molar-refractivity contribution >= 4 is 29.3 Å². The Morgan fingerprint density at radius 2 is 2.03 bits per heavy atom. The molecule has 3 N–H and O–H groups in total. The number of nitrogens with one attached hydrogen (secondary N) is 2. The van der Waals surface area contributed by atoms with Crippen LogP contribution in [0, 0.1) is 0 Å². The number of para-hydroxylation sites is 2. The van der Waals surface area contributed by atoms with Crippen LogP contribution in [-0.4, -0.2) is 45.2 Å². The molecule has 2 heterocycles. The number of phenolic OH excluding ortho intramolecular Hbond substituents is 1. The van der Waals surface area contributed by atoms with Gasteiger partial charge in [0.05, 0.1) is 25.0 Å². The van der Waals surface area contributed by atoms with Crippen LogP contribution in [0.5, 0.6) is 17.2 Å². The summed E-state index contributed by atoms with van der Waals surface area (Å²) in [7, 11) is 1.56. The highest BCUT2D eigenvalue weighted by atomic mass is 32.2. The molecule has 0 fully saturated rings. The Bertz CT molecular complexity index is 1240. The van der Waals surface area contributed by atoms with E-state index in [-0.39, 0.29) is 11.7 Å². The first-order valence-electron chi connectivity index (χ1n) is 10.9. The van der Waals surface area contributed by atoms with Crippen molar-refractivity contribution in [1.29, 1.82) is 0 Å². The fraction of sp³-hybridized carbons (Fsp3) is 0.292. The molecule has 178 valence electrons. The third kappa shape index (κ3) is 4.54. The van der Waals surface area contributed by atoms with E-state index in [0.717, 1.165) is 11.3 Å². The highest BCUT2D eigenvalue weighted by Gasteiger charge is 2.35. The normalized spacial score (nSPS) is 14.9. The van der Waals surface area contributed by atoms with Crippen LogP contribution in [0.2, 0.25) is 0 Å². The first-order chi connectivity index (χ1) is 16.5. The monoisotopic (exact) mass is 481 g/mol. The maximum atomic E-state index is 13.6. The number of phenols is 1. The number of carbonyl (C=O) groups excluding carboxylic acids is 1. The molecule has 0 radical (unpaired) electrons. The number of methoxy groups -OCH3 is 1. The maximum Gasteiger partial charge on any atom is 0.255 e. The summed E-state index contributed by atoms with van der Waals surface area (Å²) < 4.78 is 12.7. The molecular formula is C24H27N5O4S. The van der Waals surface area contributed by atoms with E-state index < -0.39 is 6.04 Å². The minimum Gasteiger partial charge on any atom is -0.504 e. The number of nitrogens with zero attached hydrogens (tertiary/aromatic N) is 3. The standard InChI is InChI=1S/C24H27N5O4S/c1-5-33-19-13-15(11-12-17(19)30)21-20(22(31)26-16-9-7-8-10-18(16)32-4)14(3)25-23-27-24(34-6-2)28-29(21)23/h7-13,21,30H,5-6H2,1-4H3,(H,26,31)(H,25,27,28). The number of hydrogen-bond donors (Lipinski definition) is 3. The van der Waals surface area contributed by atoms with Gasteiger partial charge in [0.25, 0.3) is 5.91 Å². The number of ether oxygens (including phenoxy) is 2. The smallest absolute Gasteiger partial charge is 0.255 e. The first-order valence-corrected chi connectivity index (χ1v) is 11.9. The summed E-state index contributed by atoms with van der Waals surface area (Å²) in [6.45, 7) is 6.10. The molecule has 0 bridgehead atoms. The van der Waals surface area contributed by atoms with Gasteiger partial charge >= 0.3 is 0 Å². The highest BCUT2D eigenvalue weighted by molar-refractivity contribution is 7.99. The zero-order valence-corrected chi connectivity index (χ0v) is 20.3. The molecule has 0 saturated carbocycles. The molecular weight excluding hydrogens is 454 g/mol. The lowest BCUT2D eigenvalue weighted by Crippen LogP contribution is -2.31. The van der Waals surface area contributed by atoms with Gasteiger partial charge in [-0.3, -0.25) is 4.79 Å². The van der Waals surface area contributed by atoms with Gasteiger partial charge < -0.3 is 25.2 Å². The highest BCUT2D eigenvalue weighted by Crippen LogP contribution is 2.40. The second kappa shape index (κ2) is 10.1. The van der Waals surface area contributed by atoms with Gasteiger partial charge in [-0.05, 0) is 49.4 Å². The van der Waals surface area contributed by atoms with Crippen LogP contribution in [0.15, 0.2) is 58.9 Å². The second-order valence-corrected chi connectivity index (χ2v) is 8.71. The quantitative estimate of drug-likeness (QED) is 0.405. The molecule has 0 spiro atoms. The summed E-state index contributed by atoms with van der Waals surface area (Å²) in [4.78, 5) is 18.2. The fourth-order valence-electron chi connectivity index (χ4n) is 3.83. The molecule has 0 aliphatic carbocycles. The molecule has 1 aliphatic rings. The van der Waals surface area contributed by atoms with Gasteiger partial charge in [-0.2, -0.15) is 4.98 Å². The van der Waals surface area contributed by atoms with E-state index in [1.807, 2.05) is 32.9 Å². The summed E-state index contributed by atoms with van der Waals surface area (Å²) in [6.07, 6.45) is 0. The summed E-state index contributed by atoms with van der Waals surface area (Å²) in [5.74, 6) is 1.97. The van der Waals surface area contributed by atoms with Crippen LogP contribution >= 0.6 is 11.8 Å². The van der Waals surface area contributed by atoms with Crippen LogP contribution < -0.4 is 20.1 Å². The number of amides is 1. The Balaban J connectivity index is 1.81. The zero-order chi connectivity index (χ0) is 24.2. The molecule has 1 amide bonds. The molecule has 1 unspecified atom stereocenters. The van der Waals surface area contributed by atoms with Crippen LogP contribution in [0.3, 0.4) is 0 Å². The Kier molecular flexibility index (Phi) is 6.97. The van der Waals surface area contributed by atoms with E-state index in [0.29, 0.717) is 46.2 Å². The topological polar surface area (TPSA) is 111 Å². The van der Waals surface area contributed by atoms with Gasteiger partial charge in [0, 0.05) is 5.70 Å². The van der Waals surface area contributed by atoms with E-state index in [1.165, 1.54) is 11.8 Å². The van der Waals surface area contributed by atoms with Gasteiger partial charge in [-0.1, -0.05) is 36.9 Å². The van der Waals surface area contributed by atoms with E-state index in [1.54, 1.807) is 42.1 Å². The second-order valence-electron chi connectivity index (χ2n) is 7.48.